The molecule has 2 aromatic heterocycles. The van der Waals surface area contributed by atoms with Gasteiger partial charge in [-0.25, -0.2) is 9.37 Å². The minimum atomic E-state index is -0.478. The summed E-state index contributed by atoms with van der Waals surface area (Å²) >= 11 is 0. The molecular formula is C16H18FN7. The van der Waals surface area contributed by atoms with Gasteiger partial charge in [-0.1, -0.05) is 0 Å². The van der Waals surface area contributed by atoms with Gasteiger partial charge >= 0.3 is 0 Å². The largest absolute Gasteiger partial charge is 0.338 e. The average molecular weight is 327 g/mol. The fraction of sp³-hybridized carbons (Fsp3) is 0.312. The van der Waals surface area contributed by atoms with Crippen LogP contribution in [-0.2, 0) is 0 Å². The van der Waals surface area contributed by atoms with Gasteiger partial charge in [0, 0.05) is 36.7 Å². The van der Waals surface area contributed by atoms with E-state index in [-0.39, 0.29) is 5.82 Å². The van der Waals surface area contributed by atoms with E-state index in [1.165, 1.54) is 6.20 Å². The highest BCUT2D eigenvalue weighted by molar-refractivity contribution is 5.82. The monoisotopic (exact) mass is 327 g/mol. The predicted octanol–water partition coefficient (Wildman–Crippen LogP) is 2.03. The molecule has 1 unspecified atom stereocenters. The van der Waals surface area contributed by atoms with Crippen LogP contribution in [-0.4, -0.2) is 45.8 Å². The molecule has 124 valence electrons. The summed E-state index contributed by atoms with van der Waals surface area (Å²) in [6.07, 6.45) is 2.94. The fourth-order valence-corrected chi connectivity index (χ4v) is 2.87. The minimum absolute atomic E-state index is 0.175. The Bertz CT molecular complexity index is 863. The zero-order chi connectivity index (χ0) is 16.5. The zero-order valence-electron chi connectivity index (χ0n) is 13.3. The second kappa shape index (κ2) is 6.04. The van der Waals surface area contributed by atoms with Crippen molar-refractivity contribution in [1.82, 2.24) is 25.5 Å². The normalized spacial score (nSPS) is 18.1. The van der Waals surface area contributed by atoms with Crippen LogP contribution in [0.15, 0.2) is 30.6 Å². The van der Waals surface area contributed by atoms with E-state index in [1.54, 1.807) is 6.20 Å². The van der Waals surface area contributed by atoms with Crippen molar-refractivity contribution in [3.8, 4) is 0 Å². The third-order valence-corrected chi connectivity index (χ3v) is 4.09. The number of fused-ring (bicyclic) bond motifs is 1. The van der Waals surface area contributed by atoms with E-state index in [1.807, 2.05) is 18.2 Å². The van der Waals surface area contributed by atoms with Crippen LogP contribution in [0.3, 0.4) is 0 Å². The maximum Gasteiger partial charge on any atom is 0.227 e. The number of rotatable bonds is 3. The second-order valence-corrected chi connectivity index (χ2v) is 5.96. The number of nitrogens with one attached hydrogen (secondary N) is 3. The van der Waals surface area contributed by atoms with Crippen LogP contribution in [0.1, 0.15) is 6.92 Å². The molecule has 7 nitrogen and oxygen atoms in total. The standard InChI is InChI=1S/C16H18FN7/c1-10-9-24(5-4-18-10)16-19-8-13(17)15(22-16)21-12-2-3-14-11(6-12)7-20-23-14/h2-3,6-8,10,18H,4-5,9H2,1H3,(H,20,23)(H,19,21,22). The molecule has 1 aliphatic rings. The van der Waals surface area contributed by atoms with Gasteiger partial charge in [0.1, 0.15) is 0 Å². The third-order valence-electron chi connectivity index (χ3n) is 4.09. The smallest absolute Gasteiger partial charge is 0.227 e. The number of hydrogen-bond acceptors (Lipinski definition) is 6. The number of hydrogen-bond donors (Lipinski definition) is 3. The summed E-state index contributed by atoms with van der Waals surface area (Å²) in [6.45, 7) is 4.57. The Balaban J connectivity index is 1.60. The summed E-state index contributed by atoms with van der Waals surface area (Å²) in [4.78, 5) is 10.6. The lowest BCUT2D eigenvalue weighted by Crippen LogP contribution is -2.49. The molecule has 1 aromatic carbocycles. The number of aromatic amines is 1. The van der Waals surface area contributed by atoms with Gasteiger partial charge in [0.2, 0.25) is 5.95 Å². The van der Waals surface area contributed by atoms with Gasteiger partial charge in [-0.15, -0.1) is 0 Å². The number of anilines is 3. The Labute approximate surface area is 138 Å². The molecule has 0 amide bonds. The fourth-order valence-electron chi connectivity index (χ4n) is 2.87. The van der Waals surface area contributed by atoms with Crippen molar-refractivity contribution >= 4 is 28.4 Å². The lowest BCUT2D eigenvalue weighted by molar-refractivity contribution is 0.478. The van der Waals surface area contributed by atoms with Crippen molar-refractivity contribution in [1.29, 1.82) is 0 Å². The molecule has 8 heteroatoms. The zero-order valence-corrected chi connectivity index (χ0v) is 13.3. The van der Waals surface area contributed by atoms with Crippen molar-refractivity contribution < 1.29 is 4.39 Å². The summed E-state index contributed by atoms with van der Waals surface area (Å²) in [5.41, 5.74) is 1.68. The van der Waals surface area contributed by atoms with Crippen LogP contribution in [0.25, 0.3) is 10.9 Å². The van der Waals surface area contributed by atoms with Crippen LogP contribution in [0, 0.1) is 5.82 Å². The number of benzene rings is 1. The maximum absolute atomic E-state index is 14.1. The van der Waals surface area contributed by atoms with Crippen LogP contribution in [0.5, 0.6) is 0 Å². The molecule has 4 rings (SSSR count). The van der Waals surface area contributed by atoms with Crippen molar-refractivity contribution in [3.63, 3.8) is 0 Å². The molecule has 3 aromatic rings. The van der Waals surface area contributed by atoms with Crippen molar-refractivity contribution in [2.24, 2.45) is 0 Å². The van der Waals surface area contributed by atoms with E-state index in [4.69, 9.17) is 0 Å². The molecule has 1 atom stereocenters. The Hall–Kier alpha value is -2.74. The number of H-pyrrole nitrogens is 1. The molecule has 3 N–H and O–H groups in total. The molecule has 3 heterocycles. The van der Waals surface area contributed by atoms with E-state index in [2.05, 4.69) is 42.6 Å². The Kier molecular flexibility index (Phi) is 3.73. The quantitative estimate of drug-likeness (QED) is 0.683. The first-order valence-corrected chi connectivity index (χ1v) is 7.90. The van der Waals surface area contributed by atoms with Gasteiger partial charge in [0.25, 0.3) is 0 Å². The predicted molar refractivity (Wildman–Crippen MR) is 91.0 cm³/mol. The molecule has 0 aliphatic carbocycles. The summed E-state index contributed by atoms with van der Waals surface area (Å²) in [6, 6.07) is 6.00. The molecule has 0 spiro atoms. The van der Waals surface area contributed by atoms with Gasteiger partial charge < -0.3 is 15.5 Å². The molecule has 0 bridgehead atoms. The van der Waals surface area contributed by atoms with Crippen LogP contribution in [0.4, 0.5) is 21.8 Å². The Morgan fingerprint density at radius 2 is 2.25 bits per heavy atom. The van der Waals surface area contributed by atoms with Crippen LogP contribution < -0.4 is 15.5 Å². The van der Waals surface area contributed by atoms with Crippen LogP contribution >= 0.6 is 0 Å². The van der Waals surface area contributed by atoms with Crippen molar-refractivity contribution in [3.05, 3.63) is 36.4 Å². The van der Waals surface area contributed by atoms with E-state index in [9.17, 15) is 4.39 Å². The summed E-state index contributed by atoms with van der Waals surface area (Å²) < 4.78 is 14.1. The van der Waals surface area contributed by atoms with Gasteiger partial charge in [-0.2, -0.15) is 10.1 Å². The highest BCUT2D eigenvalue weighted by Crippen LogP contribution is 2.23. The molecule has 24 heavy (non-hydrogen) atoms. The van der Waals surface area contributed by atoms with E-state index in [0.29, 0.717) is 12.0 Å². The summed E-state index contributed by atoms with van der Waals surface area (Å²) in [7, 11) is 0. The summed E-state index contributed by atoms with van der Waals surface area (Å²) in [5.74, 6) is 0.236. The number of piperazine rings is 1. The minimum Gasteiger partial charge on any atom is -0.338 e. The van der Waals surface area contributed by atoms with Crippen molar-refractivity contribution in [2.75, 3.05) is 29.9 Å². The number of aromatic nitrogens is 4. The second-order valence-electron chi connectivity index (χ2n) is 5.96. The van der Waals surface area contributed by atoms with Gasteiger partial charge in [-0.3, -0.25) is 5.10 Å². The molecule has 1 aliphatic heterocycles. The Morgan fingerprint density at radius 3 is 3.12 bits per heavy atom. The van der Waals surface area contributed by atoms with Gasteiger partial charge in [-0.05, 0) is 25.1 Å². The van der Waals surface area contributed by atoms with E-state index < -0.39 is 5.82 Å². The highest BCUT2D eigenvalue weighted by atomic mass is 19.1. The lowest BCUT2D eigenvalue weighted by Gasteiger charge is -2.31. The molecule has 1 saturated heterocycles. The topological polar surface area (TPSA) is 81.8 Å². The lowest BCUT2D eigenvalue weighted by atomic mass is 10.2. The van der Waals surface area contributed by atoms with Crippen LogP contribution in [0.2, 0.25) is 0 Å². The van der Waals surface area contributed by atoms with E-state index >= 15 is 0 Å². The molecule has 1 fully saturated rings. The van der Waals surface area contributed by atoms with E-state index in [0.717, 1.165) is 36.2 Å². The number of nitrogens with zero attached hydrogens (tertiary/aromatic N) is 4. The Morgan fingerprint density at radius 1 is 1.33 bits per heavy atom. The first-order valence-electron chi connectivity index (χ1n) is 7.90. The SMILES string of the molecule is CC1CN(c2ncc(F)c(Nc3ccc4[nH]ncc4c3)n2)CCN1. The molecule has 0 radical (unpaired) electrons. The summed E-state index contributed by atoms with van der Waals surface area (Å²) in [5, 5.41) is 14.2. The first-order chi connectivity index (χ1) is 11.7. The van der Waals surface area contributed by atoms with Gasteiger partial charge in [0.15, 0.2) is 11.6 Å². The average Bonchev–Trinajstić information content (AvgIpc) is 3.04. The first kappa shape index (κ1) is 14.8. The third kappa shape index (κ3) is 2.88. The number of halogens is 1. The van der Waals surface area contributed by atoms with Crippen molar-refractivity contribution in [2.45, 2.75) is 13.0 Å². The molecule has 0 saturated carbocycles. The van der Waals surface area contributed by atoms with Gasteiger partial charge in [0.05, 0.1) is 17.9 Å². The molecular weight excluding hydrogens is 309 g/mol. The maximum atomic E-state index is 14.1. The highest BCUT2D eigenvalue weighted by Gasteiger charge is 2.19.